The largest absolute Gasteiger partial charge is 0.417 e. The number of nitrogens with zero attached hydrogens (tertiary/aromatic N) is 3. The van der Waals surface area contributed by atoms with E-state index in [1.807, 2.05) is 4.90 Å². The average Bonchev–Trinajstić information content (AvgIpc) is 2.99. The molecule has 1 amide bonds. The molecule has 2 atom stereocenters. The van der Waals surface area contributed by atoms with E-state index in [1.54, 1.807) is 0 Å². The van der Waals surface area contributed by atoms with Crippen molar-refractivity contribution < 1.29 is 18.0 Å². The maximum atomic E-state index is 12.9. The highest BCUT2D eigenvalue weighted by molar-refractivity contribution is 7.99. The standard InChI is InChI=1S/C16H18F3N3OS/c17-16(18,19)10-6-13-15(20-8-10)22-5-3-11(7-12(22)9-24-13)21-4-1-2-14(21)23/h6,8,11-12H,1-5,7,9H2. The second kappa shape index (κ2) is 5.82. The van der Waals surface area contributed by atoms with Gasteiger partial charge in [-0.15, -0.1) is 11.8 Å². The van der Waals surface area contributed by atoms with Gasteiger partial charge in [-0.1, -0.05) is 0 Å². The van der Waals surface area contributed by atoms with Crippen LogP contribution in [0.3, 0.4) is 0 Å². The molecule has 130 valence electrons. The number of hydrogen-bond acceptors (Lipinski definition) is 4. The molecule has 0 spiro atoms. The molecule has 2 unspecified atom stereocenters. The molecule has 4 rings (SSSR count). The lowest BCUT2D eigenvalue weighted by molar-refractivity contribution is -0.138. The van der Waals surface area contributed by atoms with Gasteiger partial charge in [0.25, 0.3) is 0 Å². The number of fused-ring (bicyclic) bond motifs is 3. The van der Waals surface area contributed by atoms with Crippen molar-refractivity contribution in [2.45, 2.75) is 48.8 Å². The Hall–Kier alpha value is -1.44. The molecular weight excluding hydrogens is 339 g/mol. The summed E-state index contributed by atoms with van der Waals surface area (Å²) in [5.74, 6) is 1.65. The minimum Gasteiger partial charge on any atom is -0.352 e. The van der Waals surface area contributed by atoms with Gasteiger partial charge in [0.2, 0.25) is 5.91 Å². The molecule has 0 aliphatic carbocycles. The van der Waals surface area contributed by atoms with Crippen molar-refractivity contribution in [1.29, 1.82) is 0 Å². The molecule has 8 heteroatoms. The summed E-state index contributed by atoms with van der Waals surface area (Å²) in [5.41, 5.74) is -0.690. The lowest BCUT2D eigenvalue weighted by atomic mass is 9.96. The quantitative estimate of drug-likeness (QED) is 0.774. The molecule has 4 heterocycles. The summed E-state index contributed by atoms with van der Waals surface area (Å²) < 4.78 is 38.6. The van der Waals surface area contributed by atoms with Crippen LogP contribution in [0.1, 0.15) is 31.2 Å². The number of carbonyl (C=O) groups excluding carboxylic acids is 1. The van der Waals surface area contributed by atoms with Crippen LogP contribution in [0.5, 0.6) is 0 Å². The molecule has 24 heavy (non-hydrogen) atoms. The molecule has 4 nitrogen and oxygen atoms in total. The van der Waals surface area contributed by atoms with Gasteiger partial charge < -0.3 is 9.80 Å². The fraction of sp³-hybridized carbons (Fsp3) is 0.625. The Bertz CT molecular complexity index is 666. The molecule has 1 aromatic heterocycles. The van der Waals surface area contributed by atoms with E-state index in [2.05, 4.69) is 9.88 Å². The Kier molecular flexibility index (Phi) is 3.89. The van der Waals surface area contributed by atoms with Crippen LogP contribution in [0.25, 0.3) is 0 Å². The van der Waals surface area contributed by atoms with Crippen molar-refractivity contribution in [3.63, 3.8) is 0 Å². The molecule has 0 N–H and O–H groups in total. The SMILES string of the molecule is O=C1CCCN1C1CCN2c3ncc(C(F)(F)F)cc3SCC2C1. The maximum absolute atomic E-state index is 12.9. The summed E-state index contributed by atoms with van der Waals surface area (Å²) >= 11 is 1.44. The van der Waals surface area contributed by atoms with E-state index < -0.39 is 11.7 Å². The number of pyridine rings is 1. The van der Waals surface area contributed by atoms with Gasteiger partial charge in [-0.3, -0.25) is 4.79 Å². The topological polar surface area (TPSA) is 36.4 Å². The fourth-order valence-corrected chi connectivity index (χ4v) is 5.10. The first-order valence-electron chi connectivity index (χ1n) is 8.19. The van der Waals surface area contributed by atoms with Crippen LogP contribution in [0.4, 0.5) is 19.0 Å². The van der Waals surface area contributed by atoms with Crippen LogP contribution < -0.4 is 4.90 Å². The third-order valence-electron chi connectivity index (χ3n) is 5.10. The first-order valence-corrected chi connectivity index (χ1v) is 9.18. The van der Waals surface area contributed by atoms with E-state index in [0.717, 1.165) is 44.3 Å². The van der Waals surface area contributed by atoms with Gasteiger partial charge in [0, 0.05) is 43.5 Å². The Labute approximate surface area is 142 Å². The molecule has 0 radical (unpaired) electrons. The first-order chi connectivity index (χ1) is 11.4. The third-order valence-corrected chi connectivity index (χ3v) is 6.27. The monoisotopic (exact) mass is 357 g/mol. The lowest BCUT2D eigenvalue weighted by Crippen LogP contribution is -2.52. The summed E-state index contributed by atoms with van der Waals surface area (Å²) in [5, 5.41) is 0. The van der Waals surface area contributed by atoms with E-state index in [0.29, 0.717) is 17.1 Å². The van der Waals surface area contributed by atoms with Crippen molar-refractivity contribution in [3.05, 3.63) is 17.8 Å². The van der Waals surface area contributed by atoms with Crippen molar-refractivity contribution in [1.82, 2.24) is 9.88 Å². The van der Waals surface area contributed by atoms with E-state index in [4.69, 9.17) is 0 Å². The molecule has 0 bridgehead atoms. The van der Waals surface area contributed by atoms with Crippen molar-refractivity contribution in [3.8, 4) is 0 Å². The zero-order valence-corrected chi connectivity index (χ0v) is 13.9. The molecule has 0 saturated carbocycles. The normalized spacial score (nSPS) is 27.2. The Balaban J connectivity index is 1.53. The molecule has 2 fully saturated rings. The van der Waals surface area contributed by atoms with Gasteiger partial charge in [-0.05, 0) is 25.3 Å². The molecule has 3 aliphatic heterocycles. The molecule has 1 aromatic rings. The van der Waals surface area contributed by atoms with Gasteiger partial charge in [-0.2, -0.15) is 13.2 Å². The predicted molar refractivity (Wildman–Crippen MR) is 85.1 cm³/mol. The van der Waals surface area contributed by atoms with E-state index in [-0.39, 0.29) is 18.0 Å². The van der Waals surface area contributed by atoms with Crippen molar-refractivity contribution in [2.75, 3.05) is 23.7 Å². The lowest BCUT2D eigenvalue weighted by Gasteiger charge is -2.45. The number of hydrogen-bond donors (Lipinski definition) is 0. The number of piperidine rings is 1. The zero-order valence-electron chi connectivity index (χ0n) is 13.1. The molecule has 0 aromatic carbocycles. The molecule has 2 saturated heterocycles. The van der Waals surface area contributed by atoms with E-state index in [1.165, 1.54) is 17.8 Å². The van der Waals surface area contributed by atoms with Gasteiger partial charge in [0.15, 0.2) is 0 Å². The number of likely N-dealkylation sites (tertiary alicyclic amines) is 1. The van der Waals surface area contributed by atoms with Gasteiger partial charge >= 0.3 is 6.18 Å². The Morgan fingerprint density at radius 2 is 2.04 bits per heavy atom. The third kappa shape index (κ3) is 2.74. The molecular formula is C16H18F3N3OS. The highest BCUT2D eigenvalue weighted by atomic mass is 32.2. The number of halogens is 3. The number of amides is 1. The zero-order chi connectivity index (χ0) is 16.9. The van der Waals surface area contributed by atoms with Gasteiger partial charge in [0.05, 0.1) is 10.5 Å². The smallest absolute Gasteiger partial charge is 0.352 e. The number of anilines is 1. The van der Waals surface area contributed by atoms with Crippen LogP contribution in [-0.4, -0.2) is 46.7 Å². The maximum Gasteiger partial charge on any atom is 0.417 e. The number of carbonyl (C=O) groups is 1. The van der Waals surface area contributed by atoms with Crippen LogP contribution in [0.15, 0.2) is 17.2 Å². The number of thioether (sulfide) groups is 1. The molecule has 3 aliphatic rings. The second-order valence-electron chi connectivity index (χ2n) is 6.57. The average molecular weight is 357 g/mol. The van der Waals surface area contributed by atoms with E-state index in [9.17, 15) is 18.0 Å². The number of alkyl halides is 3. The second-order valence-corrected chi connectivity index (χ2v) is 7.63. The van der Waals surface area contributed by atoms with Crippen LogP contribution in [-0.2, 0) is 11.0 Å². The number of rotatable bonds is 1. The number of aromatic nitrogens is 1. The van der Waals surface area contributed by atoms with Crippen LogP contribution in [0, 0.1) is 0 Å². The summed E-state index contributed by atoms with van der Waals surface area (Å²) in [6.07, 6.45) is -0.121. The minimum atomic E-state index is -4.36. The summed E-state index contributed by atoms with van der Waals surface area (Å²) in [6.45, 7) is 1.58. The van der Waals surface area contributed by atoms with Crippen molar-refractivity contribution in [2.24, 2.45) is 0 Å². The van der Waals surface area contributed by atoms with Crippen LogP contribution in [0.2, 0.25) is 0 Å². The van der Waals surface area contributed by atoms with Gasteiger partial charge in [-0.25, -0.2) is 4.98 Å². The predicted octanol–water partition coefficient (Wildman–Crippen LogP) is 3.17. The Morgan fingerprint density at radius 3 is 2.75 bits per heavy atom. The summed E-state index contributed by atoms with van der Waals surface area (Å²) in [7, 11) is 0. The van der Waals surface area contributed by atoms with Crippen LogP contribution >= 0.6 is 11.8 Å². The fourth-order valence-electron chi connectivity index (χ4n) is 3.91. The first kappa shape index (κ1) is 16.1. The van der Waals surface area contributed by atoms with E-state index >= 15 is 0 Å². The highest BCUT2D eigenvalue weighted by Crippen LogP contribution is 2.42. The minimum absolute atomic E-state index is 0.235. The Morgan fingerprint density at radius 1 is 1.21 bits per heavy atom. The summed E-state index contributed by atoms with van der Waals surface area (Å²) in [4.78, 5) is 20.8. The van der Waals surface area contributed by atoms with Crippen molar-refractivity contribution >= 4 is 23.5 Å². The highest BCUT2D eigenvalue weighted by Gasteiger charge is 2.39. The summed E-state index contributed by atoms with van der Waals surface area (Å²) in [6, 6.07) is 1.70. The van der Waals surface area contributed by atoms with Gasteiger partial charge in [0.1, 0.15) is 5.82 Å².